The Labute approximate surface area is 189 Å². The molecule has 2 aliphatic heterocycles. The number of aromatic nitrogens is 2. The molecule has 1 N–H and O–H groups in total. The maximum atomic E-state index is 13.1. The molecule has 0 bridgehead atoms. The number of ether oxygens (including phenoxy) is 1. The van der Waals surface area contributed by atoms with Gasteiger partial charge in [-0.3, -0.25) is 9.80 Å². The van der Waals surface area contributed by atoms with Gasteiger partial charge in [0, 0.05) is 5.56 Å². The molecule has 0 spiro atoms. The van der Waals surface area contributed by atoms with Crippen LogP contribution in [0.25, 0.3) is 11.4 Å². The molecule has 0 saturated carbocycles. The Kier molecular flexibility index (Phi) is 5.50. The largest absolute Gasteiger partial charge is 0.494 e. The molecule has 2 unspecified atom stereocenters. The number of carbonyl (C=O) groups is 1. The number of hydrogen-bond donors (Lipinski definition) is 1. The number of carbonyl (C=O) groups excluding carboxylic acids is 1. The van der Waals surface area contributed by atoms with Gasteiger partial charge >= 0.3 is 0 Å². The summed E-state index contributed by atoms with van der Waals surface area (Å²) in [7, 11) is 0. The lowest BCUT2D eigenvalue weighted by Crippen LogP contribution is -2.50. The molecule has 0 aliphatic carbocycles. The van der Waals surface area contributed by atoms with Gasteiger partial charge < -0.3 is 9.26 Å². The summed E-state index contributed by atoms with van der Waals surface area (Å²) in [6.45, 7) is 2.66. The summed E-state index contributed by atoms with van der Waals surface area (Å²) in [5, 5.41) is 11.9. The molecule has 5 rings (SSSR count). The lowest BCUT2D eigenvalue weighted by molar-refractivity contribution is -0.137. The second kappa shape index (κ2) is 8.60. The standard InChI is InChI=1S/C22H21ClN6O3/c1-2-31-15-9-7-14(8-10-15)18-11-19-22(30)28(24-13-29(19)26-18)12-20-25-21(27-32-20)16-5-3-4-6-17(16)23/h3-10,13,18-19,26H,2,11-12H2,1H3. The van der Waals surface area contributed by atoms with E-state index in [1.165, 1.54) is 5.01 Å². The fourth-order valence-corrected chi connectivity index (χ4v) is 4.05. The highest BCUT2D eigenvalue weighted by atomic mass is 35.5. The van der Waals surface area contributed by atoms with E-state index in [-0.39, 0.29) is 30.4 Å². The van der Waals surface area contributed by atoms with Gasteiger partial charge in [0.05, 0.1) is 17.7 Å². The van der Waals surface area contributed by atoms with Crippen LogP contribution in [0.15, 0.2) is 58.2 Å². The van der Waals surface area contributed by atoms with E-state index in [9.17, 15) is 4.79 Å². The van der Waals surface area contributed by atoms with Gasteiger partial charge in [-0.2, -0.15) is 10.1 Å². The Morgan fingerprint density at radius 2 is 2.03 bits per heavy atom. The molecule has 3 heterocycles. The van der Waals surface area contributed by atoms with Gasteiger partial charge in [0.25, 0.3) is 5.91 Å². The minimum atomic E-state index is -0.366. The van der Waals surface area contributed by atoms with Crippen LogP contribution < -0.4 is 10.2 Å². The highest BCUT2D eigenvalue weighted by Gasteiger charge is 2.41. The highest BCUT2D eigenvalue weighted by Crippen LogP contribution is 2.31. The van der Waals surface area contributed by atoms with Crippen molar-refractivity contribution in [3.8, 4) is 17.1 Å². The summed E-state index contributed by atoms with van der Waals surface area (Å²) in [6, 6.07) is 14.8. The number of nitrogens with zero attached hydrogens (tertiary/aromatic N) is 5. The predicted octanol–water partition coefficient (Wildman–Crippen LogP) is 3.39. The van der Waals surface area contributed by atoms with Crippen LogP contribution >= 0.6 is 11.6 Å². The van der Waals surface area contributed by atoms with E-state index >= 15 is 0 Å². The Morgan fingerprint density at radius 3 is 2.81 bits per heavy atom. The zero-order chi connectivity index (χ0) is 22.1. The molecule has 10 heteroatoms. The average Bonchev–Trinajstić information content (AvgIpc) is 3.45. The van der Waals surface area contributed by atoms with E-state index in [1.807, 2.05) is 49.4 Å². The van der Waals surface area contributed by atoms with E-state index in [2.05, 4.69) is 20.7 Å². The summed E-state index contributed by atoms with van der Waals surface area (Å²) in [4.78, 5) is 17.4. The van der Waals surface area contributed by atoms with Crippen molar-refractivity contribution in [1.82, 2.24) is 25.6 Å². The first-order chi connectivity index (χ1) is 15.6. The van der Waals surface area contributed by atoms with Crippen LogP contribution in [0, 0.1) is 0 Å². The third-order valence-electron chi connectivity index (χ3n) is 5.42. The van der Waals surface area contributed by atoms with E-state index in [4.69, 9.17) is 20.9 Å². The van der Waals surface area contributed by atoms with Gasteiger partial charge in [-0.1, -0.05) is 41.0 Å². The van der Waals surface area contributed by atoms with E-state index in [0.29, 0.717) is 29.4 Å². The number of rotatable bonds is 6. The zero-order valence-corrected chi connectivity index (χ0v) is 18.1. The lowest BCUT2D eigenvalue weighted by atomic mass is 10.0. The molecule has 9 nitrogen and oxygen atoms in total. The van der Waals surface area contributed by atoms with Crippen molar-refractivity contribution in [2.45, 2.75) is 32.0 Å². The topological polar surface area (TPSA) is 96.1 Å². The molecule has 3 aromatic rings. The smallest absolute Gasteiger partial charge is 0.267 e. The molecule has 1 fully saturated rings. The monoisotopic (exact) mass is 452 g/mol. The molecule has 164 valence electrons. The number of halogens is 1. The Morgan fingerprint density at radius 1 is 1.22 bits per heavy atom. The van der Waals surface area contributed by atoms with Crippen LogP contribution in [-0.2, 0) is 11.3 Å². The second-order valence-electron chi connectivity index (χ2n) is 7.46. The molecule has 2 atom stereocenters. The summed E-state index contributed by atoms with van der Waals surface area (Å²) in [6.07, 6.45) is 2.23. The van der Waals surface area contributed by atoms with E-state index < -0.39 is 0 Å². The van der Waals surface area contributed by atoms with Crippen LogP contribution in [0.2, 0.25) is 5.02 Å². The summed E-state index contributed by atoms with van der Waals surface area (Å²) in [5.74, 6) is 1.35. The minimum Gasteiger partial charge on any atom is -0.494 e. The van der Waals surface area contributed by atoms with Crippen molar-refractivity contribution >= 4 is 23.8 Å². The Balaban J connectivity index is 1.26. The maximum Gasteiger partial charge on any atom is 0.267 e. The van der Waals surface area contributed by atoms with Gasteiger partial charge in [0.1, 0.15) is 24.7 Å². The van der Waals surface area contributed by atoms with Gasteiger partial charge in [0.15, 0.2) is 0 Å². The maximum absolute atomic E-state index is 13.1. The molecule has 1 amide bonds. The molecule has 32 heavy (non-hydrogen) atoms. The first kappa shape index (κ1) is 20.5. The number of fused-ring (bicyclic) bond motifs is 1. The Hall–Kier alpha value is -3.43. The molecule has 2 aliphatic rings. The lowest BCUT2D eigenvalue weighted by Gasteiger charge is -2.29. The van der Waals surface area contributed by atoms with Crippen molar-refractivity contribution < 1.29 is 14.1 Å². The Bertz CT molecular complexity index is 1150. The number of hydrazine groups is 1. The number of benzene rings is 2. The zero-order valence-electron chi connectivity index (χ0n) is 17.3. The molecular formula is C22H21ClN6O3. The number of nitrogens with one attached hydrogen (secondary N) is 1. The fourth-order valence-electron chi connectivity index (χ4n) is 3.83. The number of hydrogen-bond acceptors (Lipinski definition) is 8. The van der Waals surface area contributed by atoms with Crippen molar-refractivity contribution in [1.29, 1.82) is 0 Å². The predicted molar refractivity (Wildman–Crippen MR) is 118 cm³/mol. The van der Waals surface area contributed by atoms with Gasteiger partial charge in [0.2, 0.25) is 11.7 Å². The minimum absolute atomic E-state index is 0.00116. The molecule has 1 aromatic heterocycles. The van der Waals surface area contributed by atoms with Crippen LogP contribution in [0.5, 0.6) is 5.75 Å². The first-order valence-electron chi connectivity index (χ1n) is 10.3. The second-order valence-corrected chi connectivity index (χ2v) is 7.87. The fraction of sp³-hybridized carbons (Fsp3) is 0.273. The van der Waals surface area contributed by atoms with Crippen LogP contribution in [-0.4, -0.2) is 45.1 Å². The summed E-state index contributed by atoms with van der Waals surface area (Å²) < 4.78 is 10.8. The van der Waals surface area contributed by atoms with E-state index in [1.54, 1.807) is 17.4 Å². The molecule has 1 saturated heterocycles. The van der Waals surface area contributed by atoms with Crippen molar-refractivity contribution in [3.63, 3.8) is 0 Å². The first-order valence-corrected chi connectivity index (χ1v) is 10.7. The van der Waals surface area contributed by atoms with Gasteiger partial charge in [-0.05, 0) is 43.2 Å². The summed E-state index contributed by atoms with van der Waals surface area (Å²) in [5.41, 5.74) is 5.09. The van der Waals surface area contributed by atoms with Crippen LogP contribution in [0.4, 0.5) is 0 Å². The third kappa shape index (κ3) is 3.92. The van der Waals surface area contributed by atoms with Crippen molar-refractivity contribution in [3.05, 3.63) is 65.0 Å². The van der Waals surface area contributed by atoms with Crippen LogP contribution in [0.1, 0.15) is 30.8 Å². The normalized spacial score (nSPS) is 20.0. The molecule has 0 radical (unpaired) electrons. The van der Waals surface area contributed by atoms with Crippen molar-refractivity contribution in [2.75, 3.05) is 6.61 Å². The number of hydrazone groups is 1. The molecular weight excluding hydrogens is 432 g/mol. The highest BCUT2D eigenvalue weighted by molar-refractivity contribution is 6.33. The van der Waals surface area contributed by atoms with Gasteiger partial charge in [-0.25, -0.2) is 10.4 Å². The number of amides is 1. The quantitative estimate of drug-likeness (QED) is 0.612. The molecule has 2 aromatic carbocycles. The van der Waals surface area contributed by atoms with Crippen molar-refractivity contribution in [2.24, 2.45) is 5.10 Å². The third-order valence-corrected chi connectivity index (χ3v) is 5.75. The van der Waals surface area contributed by atoms with Gasteiger partial charge in [-0.15, -0.1) is 0 Å². The SMILES string of the molecule is CCOc1ccc(C2CC3C(=O)N(Cc4nc(-c5ccccc5Cl)no4)N=CN3N2)cc1. The summed E-state index contributed by atoms with van der Waals surface area (Å²) >= 11 is 6.20. The van der Waals surface area contributed by atoms with E-state index in [0.717, 1.165) is 11.3 Å². The van der Waals surface area contributed by atoms with Crippen LogP contribution in [0.3, 0.4) is 0 Å². The average molecular weight is 453 g/mol.